The van der Waals surface area contributed by atoms with Crippen molar-refractivity contribution in [2.45, 2.75) is 76.1 Å². The third kappa shape index (κ3) is 8.73. The second-order valence-corrected chi connectivity index (χ2v) is 8.70. The van der Waals surface area contributed by atoms with Gasteiger partial charge in [0.25, 0.3) is 0 Å². The van der Waals surface area contributed by atoms with E-state index in [0.29, 0.717) is 12.8 Å². The smallest absolute Gasteiger partial charge is 0.303 e. The summed E-state index contributed by atoms with van der Waals surface area (Å²) in [7, 11) is 4.77. The van der Waals surface area contributed by atoms with Crippen molar-refractivity contribution in [3.05, 3.63) is 48.0 Å². The van der Waals surface area contributed by atoms with Gasteiger partial charge in [-0.1, -0.05) is 42.5 Å². The van der Waals surface area contributed by atoms with E-state index in [0.717, 1.165) is 38.5 Å². The summed E-state index contributed by atoms with van der Waals surface area (Å²) >= 11 is 0. The van der Waals surface area contributed by atoms with Gasteiger partial charge in [0.05, 0.1) is 18.3 Å². The standard InChI is InChI=1S/C23H36O5P2/c24-21-16-22(28-30)20(19(21)10-6-1-2-7-11-23(25)26)15-14-18(27-29)13-12-17-8-4-3-5-9-17/h1,3-6,8-9,18-22,24H,2,7,10-16,29-30H2,(H,25,26)/b6-1-/t18-,19+,20+,21-,22+/m0/s1. The highest BCUT2D eigenvalue weighted by atomic mass is 31.0. The van der Waals surface area contributed by atoms with Crippen molar-refractivity contribution in [1.29, 1.82) is 0 Å². The number of aryl methyl sites for hydroxylation is 1. The molecule has 0 bridgehead atoms. The molecule has 0 radical (unpaired) electrons. The van der Waals surface area contributed by atoms with E-state index in [4.69, 9.17) is 14.2 Å². The Labute approximate surface area is 185 Å². The summed E-state index contributed by atoms with van der Waals surface area (Å²) in [6, 6.07) is 10.4. The van der Waals surface area contributed by atoms with Gasteiger partial charge in [0.1, 0.15) is 0 Å². The molecule has 5 nitrogen and oxygen atoms in total. The van der Waals surface area contributed by atoms with Crippen LogP contribution in [0.2, 0.25) is 0 Å². The molecule has 1 aromatic carbocycles. The van der Waals surface area contributed by atoms with Crippen LogP contribution in [0.3, 0.4) is 0 Å². The van der Waals surface area contributed by atoms with Crippen molar-refractivity contribution in [2.24, 2.45) is 11.8 Å². The number of aliphatic hydroxyl groups is 1. The zero-order valence-corrected chi connectivity index (χ0v) is 19.9. The van der Waals surface area contributed by atoms with Gasteiger partial charge in [-0.3, -0.25) is 4.79 Å². The molecule has 0 aromatic heterocycles. The van der Waals surface area contributed by atoms with Crippen LogP contribution < -0.4 is 0 Å². The van der Waals surface area contributed by atoms with Crippen molar-refractivity contribution in [2.75, 3.05) is 0 Å². The van der Waals surface area contributed by atoms with Crippen LogP contribution in [0, 0.1) is 11.8 Å². The Morgan fingerprint density at radius 1 is 1.17 bits per heavy atom. The molecule has 2 unspecified atom stereocenters. The van der Waals surface area contributed by atoms with Crippen LogP contribution in [0.4, 0.5) is 0 Å². The third-order valence-electron chi connectivity index (χ3n) is 6.12. The quantitative estimate of drug-likeness (QED) is 0.236. The van der Waals surface area contributed by atoms with Gasteiger partial charge < -0.3 is 19.3 Å². The Bertz CT molecular complexity index is 640. The first-order valence-electron chi connectivity index (χ1n) is 10.8. The monoisotopic (exact) mass is 454 g/mol. The number of aliphatic hydroxyl groups excluding tert-OH is 1. The van der Waals surface area contributed by atoms with E-state index in [2.05, 4.69) is 49.3 Å². The lowest BCUT2D eigenvalue weighted by molar-refractivity contribution is -0.137. The topological polar surface area (TPSA) is 76.0 Å². The molecule has 1 aliphatic carbocycles. The summed E-state index contributed by atoms with van der Waals surface area (Å²) < 4.78 is 11.3. The molecule has 0 amide bonds. The molecule has 0 aliphatic heterocycles. The number of unbranched alkanes of at least 4 members (excludes halogenated alkanes) is 1. The Balaban J connectivity index is 1.84. The minimum absolute atomic E-state index is 0.0368. The molecule has 2 rings (SSSR count). The summed E-state index contributed by atoms with van der Waals surface area (Å²) in [6.45, 7) is 0. The van der Waals surface area contributed by atoms with E-state index in [9.17, 15) is 9.90 Å². The van der Waals surface area contributed by atoms with Crippen LogP contribution in [0.5, 0.6) is 0 Å². The van der Waals surface area contributed by atoms with E-state index in [1.165, 1.54) is 5.56 Å². The van der Waals surface area contributed by atoms with Crippen molar-refractivity contribution in [3.8, 4) is 0 Å². The summed E-state index contributed by atoms with van der Waals surface area (Å²) in [5.74, 6) is -0.320. The van der Waals surface area contributed by atoms with Crippen molar-refractivity contribution in [1.82, 2.24) is 0 Å². The van der Waals surface area contributed by atoms with E-state index in [-0.39, 0.29) is 36.6 Å². The van der Waals surface area contributed by atoms with Gasteiger partial charge in [0.2, 0.25) is 0 Å². The van der Waals surface area contributed by atoms with Gasteiger partial charge in [-0.2, -0.15) is 0 Å². The molecular formula is C23H36O5P2. The highest BCUT2D eigenvalue weighted by molar-refractivity contribution is 7.10. The maximum atomic E-state index is 10.6. The molecule has 1 aliphatic rings. The Morgan fingerprint density at radius 3 is 2.60 bits per heavy atom. The molecule has 1 fully saturated rings. The average Bonchev–Trinajstić information content (AvgIpc) is 3.05. The number of benzene rings is 1. The summed E-state index contributed by atoms with van der Waals surface area (Å²) in [5, 5.41) is 19.3. The highest BCUT2D eigenvalue weighted by Crippen LogP contribution is 2.41. The number of hydrogen-bond donors (Lipinski definition) is 2. The number of rotatable bonds is 14. The van der Waals surface area contributed by atoms with E-state index >= 15 is 0 Å². The first-order chi connectivity index (χ1) is 14.5. The minimum Gasteiger partial charge on any atom is -0.481 e. The lowest BCUT2D eigenvalue weighted by Gasteiger charge is -2.26. The van der Waals surface area contributed by atoms with Crippen LogP contribution >= 0.6 is 18.9 Å². The molecule has 30 heavy (non-hydrogen) atoms. The number of aliphatic carboxylic acids is 1. The maximum Gasteiger partial charge on any atom is 0.303 e. The molecule has 2 N–H and O–H groups in total. The zero-order valence-electron chi connectivity index (χ0n) is 17.6. The van der Waals surface area contributed by atoms with Crippen LogP contribution in [0.1, 0.15) is 56.9 Å². The third-order valence-corrected chi connectivity index (χ3v) is 6.85. The van der Waals surface area contributed by atoms with Gasteiger partial charge in [0, 0.05) is 31.8 Å². The van der Waals surface area contributed by atoms with E-state index in [1.54, 1.807) is 0 Å². The molecule has 7 heteroatoms. The highest BCUT2D eigenvalue weighted by Gasteiger charge is 2.41. The Morgan fingerprint density at radius 2 is 1.93 bits per heavy atom. The largest absolute Gasteiger partial charge is 0.481 e. The van der Waals surface area contributed by atoms with Crippen LogP contribution in [0.15, 0.2) is 42.5 Å². The van der Waals surface area contributed by atoms with E-state index < -0.39 is 5.97 Å². The number of carbonyl (C=O) groups is 1. The normalized spacial score (nSPS) is 25.0. The number of carboxylic acids is 1. The minimum atomic E-state index is -0.756. The average molecular weight is 454 g/mol. The first-order valence-corrected chi connectivity index (χ1v) is 11.8. The van der Waals surface area contributed by atoms with Gasteiger partial charge in [-0.25, -0.2) is 0 Å². The summed E-state index contributed by atoms with van der Waals surface area (Å²) in [5.41, 5.74) is 1.32. The molecular weight excluding hydrogens is 418 g/mol. The van der Waals surface area contributed by atoms with Crippen LogP contribution in [-0.4, -0.2) is 34.5 Å². The molecule has 0 saturated heterocycles. The second-order valence-electron chi connectivity index (χ2n) is 8.16. The molecule has 0 heterocycles. The fourth-order valence-corrected chi connectivity index (χ4v) is 5.00. The molecule has 7 atom stereocenters. The lowest BCUT2D eigenvalue weighted by atomic mass is 9.85. The molecule has 0 spiro atoms. The maximum absolute atomic E-state index is 10.6. The van der Waals surface area contributed by atoms with Gasteiger partial charge in [-0.15, -0.1) is 0 Å². The lowest BCUT2D eigenvalue weighted by Crippen LogP contribution is -2.24. The van der Waals surface area contributed by atoms with Gasteiger partial charge in [0.15, 0.2) is 0 Å². The van der Waals surface area contributed by atoms with Gasteiger partial charge in [-0.05, 0) is 62.3 Å². The van der Waals surface area contributed by atoms with Crippen molar-refractivity contribution in [3.63, 3.8) is 0 Å². The molecule has 1 aromatic rings. The summed E-state index contributed by atoms with van der Waals surface area (Å²) in [6.07, 6.45) is 10.8. The predicted octanol–water partition coefficient (Wildman–Crippen LogP) is 4.95. The second kappa shape index (κ2) is 14.3. The molecule has 1 saturated carbocycles. The summed E-state index contributed by atoms with van der Waals surface area (Å²) in [4.78, 5) is 10.6. The Kier molecular flexibility index (Phi) is 12.1. The van der Waals surface area contributed by atoms with Gasteiger partial charge >= 0.3 is 5.97 Å². The SMILES string of the molecule is O=C(O)CCC/C=C\C[C@@H]1[C@@H](CC[C@H](CCc2ccccc2)OP)[C@H](OP)C[C@@H]1O. The fraction of sp³-hybridized carbons (Fsp3) is 0.609. The molecule has 168 valence electrons. The Hall–Kier alpha value is -0.830. The zero-order chi connectivity index (χ0) is 21.8. The van der Waals surface area contributed by atoms with Crippen LogP contribution in [0.25, 0.3) is 0 Å². The van der Waals surface area contributed by atoms with Crippen molar-refractivity contribution >= 4 is 24.9 Å². The predicted molar refractivity (Wildman–Crippen MR) is 126 cm³/mol. The van der Waals surface area contributed by atoms with E-state index in [1.807, 2.05) is 12.1 Å². The number of carboxylic acid groups (broad SMARTS) is 1. The number of allylic oxidation sites excluding steroid dienone is 2. The first kappa shape index (κ1) is 25.4. The number of hydrogen-bond acceptors (Lipinski definition) is 4. The fourth-order valence-electron chi connectivity index (χ4n) is 4.41. The van der Waals surface area contributed by atoms with Crippen molar-refractivity contribution < 1.29 is 24.1 Å². The van der Waals surface area contributed by atoms with Crippen LogP contribution in [-0.2, 0) is 20.3 Å².